The quantitative estimate of drug-likeness (QED) is 0.388. The summed E-state index contributed by atoms with van der Waals surface area (Å²) in [4.78, 5) is 38.8. The number of alkyl carbamates (subject to hydrolysis) is 1. The van der Waals surface area contributed by atoms with E-state index in [0.29, 0.717) is 6.42 Å². The molecule has 1 saturated heterocycles. The van der Waals surface area contributed by atoms with Crippen LogP contribution in [0.1, 0.15) is 60.8 Å². The van der Waals surface area contributed by atoms with E-state index in [0.717, 1.165) is 6.92 Å². The van der Waals surface area contributed by atoms with Gasteiger partial charge in [0.1, 0.15) is 18.4 Å². The maximum Gasteiger partial charge on any atom is 0.407 e. The molecule has 35 heavy (non-hydrogen) atoms. The minimum absolute atomic E-state index is 0.215. The number of ketones is 1. The Morgan fingerprint density at radius 2 is 1.89 bits per heavy atom. The molecule has 3 aliphatic rings. The van der Waals surface area contributed by atoms with E-state index >= 15 is 0 Å². The van der Waals surface area contributed by atoms with Gasteiger partial charge in [0.05, 0.1) is 11.7 Å². The summed E-state index contributed by atoms with van der Waals surface area (Å²) in [6.07, 6.45) is -2.80. The number of hydrogen-bond acceptors (Lipinski definition) is 8. The van der Waals surface area contributed by atoms with Crippen molar-refractivity contribution in [3.05, 3.63) is 12.7 Å². The topological polar surface area (TPSA) is 131 Å². The summed E-state index contributed by atoms with van der Waals surface area (Å²) in [5.41, 5.74) is -7.68. The molecule has 0 radical (unpaired) electrons. The SMILES string of the molecule is C=C[C@@]1(C)CC(=O)[C@]2(O)[C@@]3(C)[C@@H](O)CCC(C)(C)[C@@H]3[C@H](OC(=O)NCCF)[C@H](OC(C)=O)[C@@]2(C)O1. The van der Waals surface area contributed by atoms with Gasteiger partial charge in [0.2, 0.25) is 0 Å². The van der Waals surface area contributed by atoms with Gasteiger partial charge >= 0.3 is 12.1 Å². The Kier molecular flexibility index (Phi) is 6.94. The maximum atomic E-state index is 13.9. The van der Waals surface area contributed by atoms with Crippen LogP contribution in [0, 0.1) is 16.7 Å². The van der Waals surface area contributed by atoms with Gasteiger partial charge in [-0.2, -0.15) is 0 Å². The fourth-order valence-corrected chi connectivity index (χ4v) is 7.06. The zero-order valence-corrected chi connectivity index (χ0v) is 21.4. The molecule has 2 saturated carbocycles. The molecule has 1 aliphatic heterocycles. The first-order valence-electron chi connectivity index (χ1n) is 12.0. The number of fused-ring (bicyclic) bond motifs is 3. The van der Waals surface area contributed by atoms with Crippen LogP contribution in [0.2, 0.25) is 0 Å². The molecule has 3 N–H and O–H groups in total. The monoisotopic (exact) mass is 499 g/mol. The van der Waals surface area contributed by atoms with Crippen molar-refractivity contribution in [2.75, 3.05) is 13.2 Å². The van der Waals surface area contributed by atoms with Crippen LogP contribution in [-0.4, -0.2) is 76.4 Å². The summed E-state index contributed by atoms with van der Waals surface area (Å²) in [7, 11) is 0. The van der Waals surface area contributed by atoms with Crippen LogP contribution in [0.4, 0.5) is 9.18 Å². The summed E-state index contributed by atoms with van der Waals surface area (Å²) in [5, 5.41) is 26.1. The molecule has 0 spiro atoms. The van der Waals surface area contributed by atoms with Crippen molar-refractivity contribution in [3.8, 4) is 0 Å². The van der Waals surface area contributed by atoms with Crippen LogP contribution >= 0.6 is 0 Å². The van der Waals surface area contributed by atoms with E-state index in [-0.39, 0.29) is 19.4 Å². The standard InChI is InChI=1S/C25H38FNO8/c1-8-22(5)13-16(30)25(32)23(6)15(29)9-10-21(3,4)18(23)17(34-20(31)27-12-11-26)19(33-14(2)28)24(25,7)35-22/h8,15,17-19,29,32H,1,9-13H2,2-7H3,(H,27,31)/t15-,17-,18-,19-,22-,23-,24+,25-/m0/s1. The number of carbonyl (C=O) groups is 3. The van der Waals surface area contributed by atoms with E-state index in [9.17, 15) is 29.0 Å². The smallest absolute Gasteiger partial charge is 0.407 e. The van der Waals surface area contributed by atoms with Crippen LogP contribution in [0.25, 0.3) is 0 Å². The zero-order valence-electron chi connectivity index (χ0n) is 21.4. The van der Waals surface area contributed by atoms with Crippen LogP contribution in [0.3, 0.4) is 0 Å². The average Bonchev–Trinajstić information content (AvgIpc) is 2.75. The highest BCUT2D eigenvalue weighted by atomic mass is 19.1. The molecular weight excluding hydrogens is 461 g/mol. The predicted octanol–water partition coefficient (Wildman–Crippen LogP) is 2.22. The van der Waals surface area contributed by atoms with Crippen LogP contribution in [0.15, 0.2) is 12.7 Å². The summed E-state index contributed by atoms with van der Waals surface area (Å²) in [6, 6.07) is 0. The number of halogens is 1. The first kappa shape index (κ1) is 27.5. The van der Waals surface area contributed by atoms with Gasteiger partial charge < -0.3 is 29.7 Å². The average molecular weight is 500 g/mol. The molecular formula is C25H38FNO8. The Balaban J connectivity index is 2.32. The molecule has 0 bridgehead atoms. The summed E-state index contributed by atoms with van der Waals surface area (Å²) in [6.45, 7) is 12.2. The Morgan fingerprint density at radius 3 is 2.43 bits per heavy atom. The second-order valence-corrected chi connectivity index (χ2v) is 11.4. The third-order valence-corrected chi connectivity index (χ3v) is 8.60. The van der Waals surface area contributed by atoms with Gasteiger partial charge in [-0.25, -0.2) is 9.18 Å². The lowest BCUT2D eigenvalue weighted by atomic mass is 9.39. The minimum Gasteiger partial charge on any atom is -0.455 e. The molecule has 198 valence electrons. The Bertz CT molecular complexity index is 910. The highest BCUT2D eigenvalue weighted by Crippen LogP contribution is 2.67. The normalized spacial score (nSPS) is 44.4. The molecule has 1 amide bonds. The molecule has 3 rings (SSSR count). The third kappa shape index (κ3) is 3.88. The van der Waals surface area contributed by atoms with Crippen LogP contribution in [0.5, 0.6) is 0 Å². The Labute approximate surface area is 205 Å². The van der Waals surface area contributed by atoms with E-state index in [1.165, 1.54) is 13.0 Å². The number of ether oxygens (including phenoxy) is 3. The molecule has 10 heteroatoms. The van der Waals surface area contributed by atoms with Gasteiger partial charge in [0.15, 0.2) is 17.5 Å². The number of carbonyl (C=O) groups excluding carboxylic acids is 3. The highest BCUT2D eigenvalue weighted by molar-refractivity contribution is 5.92. The van der Waals surface area contributed by atoms with Gasteiger partial charge in [0.25, 0.3) is 0 Å². The summed E-state index contributed by atoms with van der Waals surface area (Å²) < 4.78 is 30.6. The van der Waals surface area contributed by atoms with Gasteiger partial charge in [0, 0.05) is 31.2 Å². The van der Waals surface area contributed by atoms with Gasteiger partial charge in [-0.15, -0.1) is 6.58 Å². The van der Waals surface area contributed by atoms with Gasteiger partial charge in [-0.05, 0) is 32.1 Å². The number of amides is 1. The minimum atomic E-state index is -2.31. The molecule has 2 aliphatic carbocycles. The lowest BCUT2D eigenvalue weighted by Crippen LogP contribution is -2.87. The fraction of sp³-hybridized carbons (Fsp3) is 0.800. The lowest BCUT2D eigenvalue weighted by molar-refractivity contribution is -0.369. The number of aliphatic hydroxyl groups excluding tert-OH is 1. The number of alkyl halides is 1. The first-order valence-corrected chi connectivity index (χ1v) is 12.0. The molecule has 1 heterocycles. The Hall–Kier alpha value is -2.04. The molecule has 8 atom stereocenters. The molecule has 0 aromatic heterocycles. The van der Waals surface area contributed by atoms with Crippen molar-refractivity contribution >= 4 is 17.8 Å². The number of Topliss-reactive ketones (excluding diaryl/α,β-unsaturated/α-hetero) is 1. The molecule has 0 aromatic rings. The van der Waals surface area contributed by atoms with E-state index in [2.05, 4.69) is 11.9 Å². The largest absolute Gasteiger partial charge is 0.455 e. The Morgan fingerprint density at radius 1 is 1.26 bits per heavy atom. The first-order chi connectivity index (χ1) is 16.0. The zero-order chi connectivity index (χ0) is 26.6. The predicted molar refractivity (Wildman–Crippen MR) is 123 cm³/mol. The molecule has 0 aromatic carbocycles. The fourth-order valence-electron chi connectivity index (χ4n) is 7.06. The second-order valence-electron chi connectivity index (χ2n) is 11.4. The number of esters is 1. The van der Waals surface area contributed by atoms with Crippen molar-refractivity contribution in [3.63, 3.8) is 0 Å². The van der Waals surface area contributed by atoms with Gasteiger partial charge in [-0.3, -0.25) is 9.59 Å². The second kappa shape index (κ2) is 8.81. The van der Waals surface area contributed by atoms with Crippen molar-refractivity contribution in [1.29, 1.82) is 0 Å². The van der Waals surface area contributed by atoms with Crippen LogP contribution < -0.4 is 5.32 Å². The molecule has 3 fully saturated rings. The van der Waals surface area contributed by atoms with E-state index in [1.54, 1.807) is 13.8 Å². The molecule has 9 nitrogen and oxygen atoms in total. The third-order valence-electron chi connectivity index (χ3n) is 8.60. The maximum absolute atomic E-state index is 13.9. The number of aliphatic hydroxyl groups is 2. The van der Waals surface area contributed by atoms with Gasteiger partial charge in [-0.1, -0.05) is 26.8 Å². The van der Waals surface area contributed by atoms with Crippen molar-refractivity contribution < 1.29 is 43.2 Å². The summed E-state index contributed by atoms with van der Waals surface area (Å²) in [5.74, 6) is -2.16. The number of hydrogen-bond donors (Lipinski definition) is 3. The van der Waals surface area contributed by atoms with E-state index < -0.39 is 76.4 Å². The van der Waals surface area contributed by atoms with Crippen molar-refractivity contribution in [1.82, 2.24) is 5.32 Å². The van der Waals surface area contributed by atoms with Crippen LogP contribution in [-0.2, 0) is 23.8 Å². The lowest BCUT2D eigenvalue weighted by Gasteiger charge is -2.71. The molecule has 0 unspecified atom stereocenters. The van der Waals surface area contributed by atoms with Crippen molar-refractivity contribution in [2.24, 2.45) is 16.7 Å². The van der Waals surface area contributed by atoms with E-state index in [1.807, 2.05) is 13.8 Å². The number of nitrogens with one attached hydrogen (secondary N) is 1. The summed E-state index contributed by atoms with van der Waals surface area (Å²) >= 11 is 0. The van der Waals surface area contributed by atoms with E-state index in [4.69, 9.17) is 14.2 Å². The highest BCUT2D eigenvalue weighted by Gasteiger charge is 2.82. The van der Waals surface area contributed by atoms with Crippen molar-refractivity contribution in [2.45, 2.75) is 95.9 Å². The number of rotatable bonds is 5.